The fraction of sp³-hybridized carbons (Fsp3) is 0.231. The minimum Gasteiger partial charge on any atom is -0.287 e. The van der Waals surface area contributed by atoms with Gasteiger partial charge in [-0.05, 0) is 12.5 Å². The number of rotatable bonds is 4. The van der Waals surface area contributed by atoms with Gasteiger partial charge in [0.05, 0.1) is 0 Å². The van der Waals surface area contributed by atoms with Crippen molar-refractivity contribution < 1.29 is 26.7 Å². The van der Waals surface area contributed by atoms with Crippen molar-refractivity contribution in [1.82, 2.24) is 9.78 Å². The molecule has 0 saturated heterocycles. The molecule has 3 nitrogen and oxygen atoms in total. The van der Waals surface area contributed by atoms with E-state index in [1.807, 2.05) is 0 Å². The number of aromatic nitrogens is 2. The first-order valence-corrected chi connectivity index (χ1v) is 5.98. The molecule has 0 spiro atoms. The molecular weight excluding hydrogens is 295 g/mol. The SMILES string of the molecule is CCCn1nccc1C(=O)c1c(F)c(F)c(F)c(F)c1F. The standard InChI is InChI=1S/C13H9F5N2O/c1-2-5-20-6(3-4-19-20)13(21)7-8(14)10(16)12(18)11(17)9(7)15/h3-4H,2,5H2,1H3. The van der Waals surface area contributed by atoms with Gasteiger partial charge >= 0.3 is 0 Å². The fourth-order valence-corrected chi connectivity index (χ4v) is 1.85. The fourth-order valence-electron chi connectivity index (χ4n) is 1.85. The summed E-state index contributed by atoms with van der Waals surface area (Å²) in [5.41, 5.74) is -1.73. The molecule has 1 heterocycles. The van der Waals surface area contributed by atoms with Crippen molar-refractivity contribution in [3.63, 3.8) is 0 Å². The molecule has 2 aromatic rings. The average Bonchev–Trinajstić information content (AvgIpc) is 2.92. The van der Waals surface area contributed by atoms with E-state index >= 15 is 0 Å². The number of benzene rings is 1. The molecule has 0 saturated carbocycles. The van der Waals surface area contributed by atoms with Gasteiger partial charge in [0.25, 0.3) is 0 Å². The van der Waals surface area contributed by atoms with Crippen LogP contribution in [0.3, 0.4) is 0 Å². The van der Waals surface area contributed by atoms with E-state index in [2.05, 4.69) is 5.10 Å². The van der Waals surface area contributed by atoms with Crippen molar-refractivity contribution in [1.29, 1.82) is 0 Å². The lowest BCUT2D eigenvalue weighted by atomic mass is 10.1. The topological polar surface area (TPSA) is 34.9 Å². The minimum absolute atomic E-state index is 0.250. The summed E-state index contributed by atoms with van der Waals surface area (Å²) in [5, 5.41) is 3.76. The molecule has 1 aromatic carbocycles. The Hall–Kier alpha value is -2.25. The summed E-state index contributed by atoms with van der Waals surface area (Å²) < 4.78 is 67.5. The van der Waals surface area contributed by atoms with Gasteiger partial charge in [0.1, 0.15) is 11.3 Å². The smallest absolute Gasteiger partial charge is 0.217 e. The Morgan fingerprint density at radius 3 is 2.10 bits per heavy atom. The maximum atomic E-state index is 13.6. The van der Waals surface area contributed by atoms with E-state index in [1.165, 1.54) is 6.20 Å². The number of hydrogen-bond donors (Lipinski definition) is 0. The van der Waals surface area contributed by atoms with Crippen molar-refractivity contribution in [2.24, 2.45) is 0 Å². The van der Waals surface area contributed by atoms with Crippen molar-refractivity contribution in [2.45, 2.75) is 19.9 Å². The molecular formula is C13H9F5N2O. The van der Waals surface area contributed by atoms with Crippen LogP contribution in [0.5, 0.6) is 0 Å². The first-order chi connectivity index (χ1) is 9.90. The van der Waals surface area contributed by atoms with Crippen LogP contribution in [0.25, 0.3) is 0 Å². The lowest BCUT2D eigenvalue weighted by Gasteiger charge is -2.09. The van der Waals surface area contributed by atoms with Gasteiger partial charge in [0.15, 0.2) is 23.3 Å². The van der Waals surface area contributed by atoms with Gasteiger partial charge in [0, 0.05) is 12.7 Å². The largest absolute Gasteiger partial charge is 0.287 e. The van der Waals surface area contributed by atoms with Crippen LogP contribution in [0.1, 0.15) is 29.4 Å². The summed E-state index contributed by atoms with van der Waals surface area (Å²) in [6.45, 7) is 2.04. The Kier molecular flexibility index (Phi) is 4.06. The van der Waals surface area contributed by atoms with Crippen molar-refractivity contribution in [2.75, 3.05) is 0 Å². The molecule has 0 radical (unpaired) electrons. The second-order valence-electron chi connectivity index (χ2n) is 4.21. The second-order valence-corrected chi connectivity index (χ2v) is 4.21. The van der Waals surface area contributed by atoms with Crippen molar-refractivity contribution in [3.05, 3.63) is 52.6 Å². The van der Waals surface area contributed by atoms with E-state index in [-0.39, 0.29) is 12.2 Å². The van der Waals surface area contributed by atoms with Crippen LogP contribution in [0.15, 0.2) is 12.3 Å². The van der Waals surface area contributed by atoms with Crippen LogP contribution in [0.4, 0.5) is 22.0 Å². The summed E-state index contributed by atoms with van der Waals surface area (Å²) in [6, 6.07) is 1.15. The van der Waals surface area contributed by atoms with Gasteiger partial charge in [-0.1, -0.05) is 6.92 Å². The van der Waals surface area contributed by atoms with E-state index in [0.717, 1.165) is 10.7 Å². The number of aryl methyl sites for hydroxylation is 1. The normalized spacial score (nSPS) is 11.0. The molecule has 112 valence electrons. The summed E-state index contributed by atoms with van der Waals surface area (Å²) >= 11 is 0. The third kappa shape index (κ3) is 2.41. The van der Waals surface area contributed by atoms with Gasteiger partial charge in [-0.15, -0.1) is 0 Å². The maximum absolute atomic E-state index is 13.6. The lowest BCUT2D eigenvalue weighted by molar-refractivity contribution is 0.101. The number of carbonyl (C=O) groups is 1. The predicted molar refractivity (Wildman–Crippen MR) is 62.2 cm³/mol. The molecule has 2 rings (SSSR count). The van der Waals surface area contributed by atoms with E-state index < -0.39 is 40.4 Å². The summed E-state index contributed by atoms with van der Waals surface area (Å²) in [7, 11) is 0. The Bertz CT molecular complexity index is 682. The minimum atomic E-state index is -2.30. The van der Waals surface area contributed by atoms with E-state index in [0.29, 0.717) is 6.42 Å². The summed E-state index contributed by atoms with van der Waals surface area (Å²) in [5.74, 6) is -12.2. The number of ketones is 1. The van der Waals surface area contributed by atoms with Crippen LogP contribution >= 0.6 is 0 Å². The molecule has 0 atom stereocenters. The predicted octanol–water partition coefficient (Wildman–Crippen LogP) is 3.22. The lowest BCUT2D eigenvalue weighted by Crippen LogP contribution is -2.17. The second kappa shape index (κ2) is 5.63. The van der Waals surface area contributed by atoms with Crippen molar-refractivity contribution >= 4 is 5.78 Å². The van der Waals surface area contributed by atoms with Gasteiger partial charge in [-0.3, -0.25) is 9.48 Å². The van der Waals surface area contributed by atoms with Crippen molar-refractivity contribution in [3.8, 4) is 0 Å². The van der Waals surface area contributed by atoms with Crippen LogP contribution in [-0.4, -0.2) is 15.6 Å². The van der Waals surface area contributed by atoms with Gasteiger partial charge in [0.2, 0.25) is 11.6 Å². The molecule has 0 amide bonds. The molecule has 0 aliphatic heterocycles. The van der Waals surface area contributed by atoms with Crippen LogP contribution in [0.2, 0.25) is 0 Å². The molecule has 1 aromatic heterocycles. The van der Waals surface area contributed by atoms with Crippen LogP contribution in [-0.2, 0) is 6.54 Å². The molecule has 8 heteroatoms. The Morgan fingerprint density at radius 2 is 1.57 bits per heavy atom. The zero-order valence-corrected chi connectivity index (χ0v) is 10.8. The highest BCUT2D eigenvalue weighted by atomic mass is 19.2. The monoisotopic (exact) mass is 304 g/mol. The van der Waals surface area contributed by atoms with Gasteiger partial charge < -0.3 is 0 Å². The number of nitrogens with zero attached hydrogens (tertiary/aromatic N) is 2. The highest BCUT2D eigenvalue weighted by molar-refractivity contribution is 6.08. The number of halogens is 5. The maximum Gasteiger partial charge on any atom is 0.217 e. The summed E-state index contributed by atoms with van der Waals surface area (Å²) in [4.78, 5) is 12.1. The number of hydrogen-bond acceptors (Lipinski definition) is 2. The average molecular weight is 304 g/mol. The Balaban J connectivity index is 2.62. The third-order valence-electron chi connectivity index (χ3n) is 2.82. The molecule has 0 aliphatic carbocycles. The number of carbonyl (C=O) groups excluding carboxylic acids is 1. The van der Waals surface area contributed by atoms with E-state index in [9.17, 15) is 26.7 Å². The van der Waals surface area contributed by atoms with Crippen LogP contribution in [0, 0.1) is 29.1 Å². The molecule has 0 N–H and O–H groups in total. The molecule has 0 aliphatic rings. The first-order valence-electron chi connectivity index (χ1n) is 5.98. The van der Waals surface area contributed by atoms with E-state index in [1.54, 1.807) is 6.92 Å². The highest BCUT2D eigenvalue weighted by Crippen LogP contribution is 2.25. The van der Waals surface area contributed by atoms with E-state index in [4.69, 9.17) is 0 Å². The zero-order chi connectivity index (χ0) is 15.7. The van der Waals surface area contributed by atoms with Crippen LogP contribution < -0.4 is 0 Å². The molecule has 21 heavy (non-hydrogen) atoms. The van der Waals surface area contributed by atoms with Gasteiger partial charge in [-0.2, -0.15) is 5.10 Å². The highest BCUT2D eigenvalue weighted by Gasteiger charge is 2.31. The quantitative estimate of drug-likeness (QED) is 0.376. The molecule has 0 bridgehead atoms. The zero-order valence-electron chi connectivity index (χ0n) is 10.8. The first kappa shape index (κ1) is 15.1. The Morgan fingerprint density at radius 1 is 1.05 bits per heavy atom. The van der Waals surface area contributed by atoms with Gasteiger partial charge in [-0.25, -0.2) is 22.0 Å². The Labute approximate surface area is 116 Å². The third-order valence-corrected chi connectivity index (χ3v) is 2.82. The molecule has 0 fully saturated rings. The summed E-state index contributed by atoms with van der Waals surface area (Å²) in [6.07, 6.45) is 1.77. The molecule has 0 unspecified atom stereocenters.